The van der Waals surface area contributed by atoms with Crippen LogP contribution >= 0.6 is 24.0 Å². The highest BCUT2D eigenvalue weighted by atomic mass is 35.5. The molecule has 0 atom stereocenters. The van der Waals surface area contributed by atoms with Crippen LogP contribution in [-0.4, -0.2) is 38.8 Å². The topological polar surface area (TPSA) is 50.4 Å². The van der Waals surface area contributed by atoms with Crippen LogP contribution in [0.15, 0.2) is 24.3 Å². The fourth-order valence-electron chi connectivity index (χ4n) is 2.76. The highest BCUT2D eigenvalue weighted by molar-refractivity contribution is 6.30. The number of halogens is 2. The van der Waals surface area contributed by atoms with E-state index in [1.807, 2.05) is 31.2 Å². The molecular weight excluding hydrogens is 323 g/mol. The van der Waals surface area contributed by atoms with Gasteiger partial charge in [0.25, 0.3) is 0 Å². The van der Waals surface area contributed by atoms with Crippen LogP contribution in [0.4, 0.5) is 0 Å². The number of nitrogens with one attached hydrogen (secondary N) is 2. The Morgan fingerprint density at radius 2 is 2.05 bits per heavy atom. The normalized spacial score (nSPS) is 16.6. The maximum atomic E-state index is 12.8. The van der Waals surface area contributed by atoms with Gasteiger partial charge in [-0.15, -0.1) is 12.4 Å². The molecule has 4 nitrogen and oxygen atoms in total. The lowest BCUT2D eigenvalue weighted by molar-refractivity contribution is -0.130. The molecular formula is C16H24Cl2N2O2. The summed E-state index contributed by atoms with van der Waals surface area (Å²) in [6.45, 7) is 5.58. The van der Waals surface area contributed by atoms with Crippen LogP contribution in [0, 0.1) is 0 Å². The predicted octanol–water partition coefficient (Wildman–Crippen LogP) is 2.54. The van der Waals surface area contributed by atoms with Crippen LogP contribution < -0.4 is 10.6 Å². The standard InChI is InChI=1S/C16H23ClN2O2.ClH/c1-2-18-8-9-19-15(20)16(6-10-21-11-7-16)13-4-3-5-14(17)12-13;/h3-5,12,18H,2,6-11H2,1H3,(H,19,20);1H. The minimum Gasteiger partial charge on any atom is -0.381 e. The van der Waals surface area contributed by atoms with Crippen molar-refractivity contribution in [1.82, 2.24) is 10.6 Å². The molecule has 1 amide bonds. The summed E-state index contributed by atoms with van der Waals surface area (Å²) in [5, 5.41) is 6.92. The minimum atomic E-state index is -0.518. The monoisotopic (exact) mass is 346 g/mol. The minimum absolute atomic E-state index is 0. The summed E-state index contributed by atoms with van der Waals surface area (Å²) in [5.41, 5.74) is 0.467. The van der Waals surface area contributed by atoms with Crippen LogP contribution in [0.3, 0.4) is 0 Å². The summed E-state index contributed by atoms with van der Waals surface area (Å²) in [7, 11) is 0. The molecule has 0 saturated carbocycles. The molecule has 0 bridgehead atoms. The first-order valence-electron chi connectivity index (χ1n) is 7.52. The number of ether oxygens (including phenoxy) is 1. The number of carbonyl (C=O) groups is 1. The van der Waals surface area contributed by atoms with E-state index in [1.165, 1.54) is 0 Å². The molecule has 1 aliphatic rings. The molecule has 1 aromatic carbocycles. The lowest BCUT2D eigenvalue weighted by atomic mass is 9.73. The van der Waals surface area contributed by atoms with Gasteiger partial charge in [0.1, 0.15) is 0 Å². The van der Waals surface area contributed by atoms with Gasteiger partial charge in [0.05, 0.1) is 5.41 Å². The van der Waals surface area contributed by atoms with Gasteiger partial charge < -0.3 is 15.4 Å². The molecule has 0 unspecified atom stereocenters. The summed E-state index contributed by atoms with van der Waals surface area (Å²) in [6.07, 6.45) is 1.39. The zero-order valence-electron chi connectivity index (χ0n) is 12.9. The van der Waals surface area contributed by atoms with Crippen molar-refractivity contribution in [2.24, 2.45) is 0 Å². The van der Waals surface area contributed by atoms with Gasteiger partial charge >= 0.3 is 0 Å². The third-order valence-electron chi connectivity index (χ3n) is 4.00. The molecule has 1 saturated heterocycles. The SMILES string of the molecule is CCNCCNC(=O)C1(c2cccc(Cl)c2)CCOCC1.Cl. The smallest absolute Gasteiger partial charge is 0.230 e. The summed E-state index contributed by atoms with van der Waals surface area (Å²) in [5.74, 6) is 0.0750. The number of benzene rings is 1. The van der Waals surface area contributed by atoms with E-state index in [1.54, 1.807) is 0 Å². The van der Waals surface area contributed by atoms with E-state index in [2.05, 4.69) is 10.6 Å². The van der Waals surface area contributed by atoms with Gasteiger partial charge in [0.15, 0.2) is 0 Å². The first-order valence-corrected chi connectivity index (χ1v) is 7.89. The molecule has 1 aliphatic heterocycles. The number of amides is 1. The Labute approximate surface area is 143 Å². The van der Waals surface area contributed by atoms with Gasteiger partial charge in [-0.1, -0.05) is 30.7 Å². The summed E-state index contributed by atoms with van der Waals surface area (Å²) in [6, 6.07) is 7.62. The molecule has 2 N–H and O–H groups in total. The Morgan fingerprint density at radius 1 is 1.32 bits per heavy atom. The molecule has 0 spiro atoms. The molecule has 2 rings (SSSR count). The Kier molecular flexibility index (Phi) is 8.18. The van der Waals surface area contributed by atoms with Gasteiger partial charge in [-0.25, -0.2) is 0 Å². The van der Waals surface area contributed by atoms with E-state index >= 15 is 0 Å². The van der Waals surface area contributed by atoms with Gasteiger partial charge in [-0.2, -0.15) is 0 Å². The fraction of sp³-hybridized carbons (Fsp3) is 0.562. The molecule has 0 aliphatic carbocycles. The predicted molar refractivity (Wildman–Crippen MR) is 92.0 cm³/mol. The second kappa shape index (κ2) is 9.36. The van der Waals surface area contributed by atoms with Gasteiger partial charge in [0, 0.05) is 31.3 Å². The Morgan fingerprint density at radius 3 is 2.68 bits per heavy atom. The lowest BCUT2D eigenvalue weighted by Crippen LogP contribution is -2.49. The summed E-state index contributed by atoms with van der Waals surface area (Å²) < 4.78 is 5.44. The van der Waals surface area contributed by atoms with Crippen LogP contribution in [0.25, 0.3) is 0 Å². The largest absolute Gasteiger partial charge is 0.381 e. The maximum Gasteiger partial charge on any atom is 0.230 e. The van der Waals surface area contributed by atoms with E-state index in [0.717, 1.165) is 18.7 Å². The van der Waals surface area contributed by atoms with Crippen molar-refractivity contribution in [1.29, 1.82) is 0 Å². The highest BCUT2D eigenvalue weighted by Gasteiger charge is 2.41. The van der Waals surface area contributed by atoms with Crippen molar-refractivity contribution in [3.63, 3.8) is 0 Å². The van der Waals surface area contributed by atoms with E-state index in [-0.39, 0.29) is 18.3 Å². The molecule has 22 heavy (non-hydrogen) atoms. The third-order valence-corrected chi connectivity index (χ3v) is 4.23. The third kappa shape index (κ3) is 4.59. The lowest BCUT2D eigenvalue weighted by Gasteiger charge is -2.36. The second-order valence-electron chi connectivity index (χ2n) is 5.31. The summed E-state index contributed by atoms with van der Waals surface area (Å²) >= 11 is 6.10. The van der Waals surface area contributed by atoms with Crippen molar-refractivity contribution in [3.8, 4) is 0 Å². The van der Waals surface area contributed by atoms with E-state index in [4.69, 9.17) is 16.3 Å². The molecule has 1 aromatic rings. The van der Waals surface area contributed by atoms with Crippen molar-refractivity contribution < 1.29 is 9.53 Å². The van der Waals surface area contributed by atoms with E-state index < -0.39 is 5.41 Å². The Bertz CT molecular complexity index is 477. The van der Waals surface area contributed by atoms with Crippen LogP contribution in [0.1, 0.15) is 25.3 Å². The van der Waals surface area contributed by atoms with Gasteiger partial charge in [-0.05, 0) is 37.1 Å². The molecule has 1 heterocycles. The number of rotatable bonds is 6. The van der Waals surface area contributed by atoms with Crippen molar-refractivity contribution >= 4 is 29.9 Å². The van der Waals surface area contributed by atoms with Gasteiger partial charge in [-0.3, -0.25) is 4.79 Å². The van der Waals surface area contributed by atoms with Crippen LogP contribution in [0.2, 0.25) is 5.02 Å². The molecule has 1 fully saturated rings. The molecule has 0 aromatic heterocycles. The van der Waals surface area contributed by atoms with E-state index in [9.17, 15) is 4.79 Å². The number of hydrogen-bond acceptors (Lipinski definition) is 3. The molecule has 0 radical (unpaired) electrons. The summed E-state index contributed by atoms with van der Waals surface area (Å²) in [4.78, 5) is 12.8. The fourth-order valence-corrected chi connectivity index (χ4v) is 2.95. The van der Waals surface area contributed by atoms with Crippen LogP contribution in [0.5, 0.6) is 0 Å². The quantitative estimate of drug-likeness (QED) is 0.778. The average Bonchev–Trinajstić information content (AvgIpc) is 2.52. The second-order valence-corrected chi connectivity index (χ2v) is 5.75. The Hall–Kier alpha value is -0.810. The number of carbonyl (C=O) groups excluding carboxylic acids is 1. The zero-order valence-corrected chi connectivity index (χ0v) is 14.4. The van der Waals surface area contributed by atoms with Crippen molar-refractivity contribution in [2.75, 3.05) is 32.8 Å². The zero-order chi connectivity index (χ0) is 15.1. The average molecular weight is 347 g/mol. The van der Waals surface area contributed by atoms with E-state index in [0.29, 0.717) is 37.6 Å². The van der Waals surface area contributed by atoms with Crippen molar-refractivity contribution in [3.05, 3.63) is 34.9 Å². The molecule has 6 heteroatoms. The van der Waals surface area contributed by atoms with Crippen LogP contribution in [-0.2, 0) is 14.9 Å². The Balaban J connectivity index is 0.00000242. The maximum absolute atomic E-state index is 12.8. The highest BCUT2D eigenvalue weighted by Crippen LogP contribution is 2.36. The van der Waals surface area contributed by atoms with Gasteiger partial charge in [0.2, 0.25) is 5.91 Å². The van der Waals surface area contributed by atoms with Crippen molar-refractivity contribution in [2.45, 2.75) is 25.2 Å². The number of hydrogen-bond donors (Lipinski definition) is 2. The number of likely N-dealkylation sites (N-methyl/N-ethyl adjacent to an activating group) is 1. The first kappa shape index (κ1) is 19.2. The molecule has 124 valence electrons. The first-order chi connectivity index (χ1) is 10.2.